The van der Waals surface area contributed by atoms with Gasteiger partial charge in [-0.1, -0.05) is 19.3 Å². The molecule has 1 saturated heterocycles. The van der Waals surface area contributed by atoms with Crippen molar-refractivity contribution in [2.45, 2.75) is 68.3 Å². The first-order valence-corrected chi connectivity index (χ1v) is 12.5. The Morgan fingerprint density at radius 2 is 1.76 bits per heavy atom. The second-order valence-corrected chi connectivity index (χ2v) is 10.1. The predicted octanol–water partition coefficient (Wildman–Crippen LogP) is 4.85. The van der Waals surface area contributed by atoms with Gasteiger partial charge in [-0.05, 0) is 62.3 Å². The molecule has 2 aromatic heterocycles. The average molecular weight is 412 g/mol. The summed E-state index contributed by atoms with van der Waals surface area (Å²) in [4.78, 5) is 7.99. The van der Waals surface area contributed by atoms with Crippen molar-refractivity contribution in [2.24, 2.45) is 11.8 Å². The lowest BCUT2D eigenvalue weighted by Crippen LogP contribution is -2.39. The van der Waals surface area contributed by atoms with Crippen LogP contribution in [0.3, 0.4) is 0 Å². The van der Waals surface area contributed by atoms with Gasteiger partial charge in [-0.2, -0.15) is 5.10 Å². The molecular formula is C23H33N5S. The van der Waals surface area contributed by atoms with Crippen molar-refractivity contribution < 1.29 is 0 Å². The van der Waals surface area contributed by atoms with Gasteiger partial charge in [0.2, 0.25) is 0 Å². The van der Waals surface area contributed by atoms with Gasteiger partial charge in [0, 0.05) is 42.0 Å². The first-order valence-electron chi connectivity index (χ1n) is 11.3. The number of aromatic nitrogens is 3. The number of hydrogen-bond donors (Lipinski definition) is 1. The first kappa shape index (κ1) is 19.4. The number of nitrogens with zero attached hydrogens (tertiary/aromatic N) is 4. The van der Waals surface area contributed by atoms with E-state index in [1.54, 1.807) is 24.4 Å². The third-order valence-corrected chi connectivity index (χ3v) is 8.07. The zero-order valence-electron chi connectivity index (χ0n) is 17.5. The highest BCUT2D eigenvalue weighted by atomic mass is 32.2. The largest absolute Gasteiger partial charge is 0.383 e. The highest BCUT2D eigenvalue weighted by molar-refractivity contribution is 7.98. The zero-order chi connectivity index (χ0) is 19.8. The molecule has 0 aromatic carbocycles. The molecule has 0 bridgehead atoms. The topological polar surface area (TPSA) is 60.0 Å². The van der Waals surface area contributed by atoms with Crippen LogP contribution in [0.1, 0.15) is 57.4 Å². The van der Waals surface area contributed by atoms with E-state index in [9.17, 15) is 0 Å². The molecule has 0 radical (unpaired) electrons. The number of anilines is 1. The van der Waals surface area contributed by atoms with Gasteiger partial charge >= 0.3 is 0 Å². The lowest BCUT2D eigenvalue weighted by Gasteiger charge is -2.35. The Balaban J connectivity index is 0.000000150. The second-order valence-electron chi connectivity index (χ2n) is 9.23. The molecule has 2 atom stereocenters. The molecule has 2 aromatic rings. The van der Waals surface area contributed by atoms with E-state index in [2.05, 4.69) is 32.9 Å². The van der Waals surface area contributed by atoms with Crippen molar-refractivity contribution in [2.75, 3.05) is 25.1 Å². The smallest absolute Gasteiger partial charge is 0.137 e. The standard InChI is InChI=1S/C14H18N4S.C9H15N/c1-19-13-8-10(9-16-14(13)15)12-6-7-18(17-12)11-4-2-3-5-11;1-2-9(3-1)10-5-7-4-8(7)6-10/h6-9,11H,2-5H2,1H3,(H2,15,16);7-9H,1-6H2. The number of likely N-dealkylation sites (tertiary alicyclic amines) is 1. The van der Waals surface area contributed by atoms with Crippen molar-refractivity contribution in [1.82, 2.24) is 19.7 Å². The van der Waals surface area contributed by atoms with Crippen LogP contribution in [0.5, 0.6) is 0 Å². The van der Waals surface area contributed by atoms with E-state index in [1.165, 1.54) is 58.0 Å². The highest BCUT2D eigenvalue weighted by Crippen LogP contribution is 2.47. The molecule has 29 heavy (non-hydrogen) atoms. The zero-order valence-corrected chi connectivity index (χ0v) is 18.3. The molecule has 6 rings (SSSR count). The summed E-state index contributed by atoms with van der Waals surface area (Å²) in [5, 5.41) is 4.69. The van der Waals surface area contributed by atoms with E-state index in [1.807, 2.05) is 6.26 Å². The Hall–Kier alpha value is -1.53. The number of piperidine rings is 1. The quantitative estimate of drug-likeness (QED) is 0.729. The Morgan fingerprint density at radius 1 is 1.03 bits per heavy atom. The maximum atomic E-state index is 5.83. The lowest BCUT2D eigenvalue weighted by molar-refractivity contribution is 0.143. The second kappa shape index (κ2) is 8.31. The summed E-state index contributed by atoms with van der Waals surface area (Å²) in [6.07, 6.45) is 17.1. The fourth-order valence-corrected chi connectivity index (χ4v) is 5.61. The Labute approximate surface area is 178 Å². The summed E-state index contributed by atoms with van der Waals surface area (Å²) >= 11 is 1.61. The normalized spacial score (nSPS) is 26.7. The van der Waals surface area contributed by atoms with Crippen LogP contribution in [0.4, 0.5) is 5.82 Å². The van der Waals surface area contributed by atoms with Gasteiger partial charge in [-0.15, -0.1) is 11.8 Å². The number of hydrogen-bond acceptors (Lipinski definition) is 5. The Bertz CT molecular complexity index is 830. The van der Waals surface area contributed by atoms with E-state index < -0.39 is 0 Å². The third kappa shape index (κ3) is 4.19. The van der Waals surface area contributed by atoms with Gasteiger partial charge in [0.1, 0.15) is 5.82 Å². The van der Waals surface area contributed by atoms with E-state index in [0.717, 1.165) is 34.0 Å². The predicted molar refractivity (Wildman–Crippen MR) is 120 cm³/mol. The summed E-state index contributed by atoms with van der Waals surface area (Å²) in [7, 11) is 0. The molecule has 1 aliphatic heterocycles. The highest BCUT2D eigenvalue weighted by Gasteiger charge is 2.47. The Morgan fingerprint density at radius 3 is 2.41 bits per heavy atom. The van der Waals surface area contributed by atoms with Crippen LogP contribution in [-0.4, -0.2) is 45.1 Å². The molecule has 4 fully saturated rings. The van der Waals surface area contributed by atoms with Crippen molar-refractivity contribution in [3.63, 3.8) is 0 Å². The van der Waals surface area contributed by atoms with Gasteiger partial charge in [0.05, 0.1) is 11.7 Å². The molecule has 3 heterocycles. The van der Waals surface area contributed by atoms with Gasteiger partial charge < -0.3 is 5.73 Å². The molecule has 0 amide bonds. The van der Waals surface area contributed by atoms with Crippen molar-refractivity contribution in [1.29, 1.82) is 0 Å². The van der Waals surface area contributed by atoms with Crippen LogP contribution in [-0.2, 0) is 0 Å². The summed E-state index contributed by atoms with van der Waals surface area (Å²) in [5.41, 5.74) is 7.84. The summed E-state index contributed by atoms with van der Waals surface area (Å²) in [5.74, 6) is 2.87. The van der Waals surface area contributed by atoms with Gasteiger partial charge in [-0.3, -0.25) is 9.58 Å². The fraction of sp³-hybridized carbons (Fsp3) is 0.652. The molecule has 5 nitrogen and oxygen atoms in total. The molecule has 3 saturated carbocycles. The number of nitrogen functional groups attached to an aromatic ring is 1. The van der Waals surface area contributed by atoms with E-state index in [-0.39, 0.29) is 0 Å². The van der Waals surface area contributed by atoms with Crippen LogP contribution in [0, 0.1) is 11.8 Å². The molecule has 4 aliphatic rings. The van der Waals surface area contributed by atoms with Crippen LogP contribution >= 0.6 is 11.8 Å². The minimum Gasteiger partial charge on any atom is -0.383 e. The molecular weight excluding hydrogens is 378 g/mol. The SMILES string of the molecule is C1CC(N2CC3CC3C2)C1.CSc1cc(-c2ccn(C3CCCC3)n2)cnc1N. The van der Waals surface area contributed by atoms with Crippen molar-refractivity contribution in [3.8, 4) is 11.3 Å². The monoisotopic (exact) mass is 411 g/mol. The van der Waals surface area contributed by atoms with Crippen LogP contribution in [0.25, 0.3) is 11.3 Å². The van der Waals surface area contributed by atoms with Gasteiger partial charge in [-0.25, -0.2) is 4.98 Å². The summed E-state index contributed by atoms with van der Waals surface area (Å²) in [6, 6.07) is 5.73. The molecule has 2 N–H and O–H groups in total. The minimum atomic E-state index is 0.579. The molecule has 6 heteroatoms. The van der Waals surface area contributed by atoms with Crippen molar-refractivity contribution in [3.05, 3.63) is 24.5 Å². The van der Waals surface area contributed by atoms with Crippen LogP contribution < -0.4 is 5.73 Å². The fourth-order valence-electron chi connectivity index (χ4n) is 5.11. The number of pyridine rings is 1. The summed E-state index contributed by atoms with van der Waals surface area (Å²) in [6.45, 7) is 2.91. The average Bonchev–Trinajstić information content (AvgIpc) is 3.15. The maximum Gasteiger partial charge on any atom is 0.137 e. The van der Waals surface area contributed by atoms with Crippen LogP contribution in [0.15, 0.2) is 29.4 Å². The number of thioether (sulfide) groups is 1. The molecule has 3 aliphatic carbocycles. The van der Waals surface area contributed by atoms with E-state index in [0.29, 0.717) is 11.9 Å². The first-order chi connectivity index (χ1) is 14.2. The van der Waals surface area contributed by atoms with Crippen molar-refractivity contribution >= 4 is 17.6 Å². The third-order valence-electron chi connectivity index (χ3n) is 7.30. The number of fused-ring (bicyclic) bond motifs is 1. The maximum absolute atomic E-state index is 5.83. The lowest BCUT2D eigenvalue weighted by atomic mass is 9.91. The number of rotatable bonds is 4. The van der Waals surface area contributed by atoms with Crippen LogP contribution in [0.2, 0.25) is 0 Å². The Kier molecular flexibility index (Phi) is 5.57. The van der Waals surface area contributed by atoms with Gasteiger partial charge in [0.15, 0.2) is 0 Å². The van der Waals surface area contributed by atoms with E-state index in [4.69, 9.17) is 10.8 Å². The molecule has 0 spiro atoms. The van der Waals surface area contributed by atoms with E-state index >= 15 is 0 Å². The molecule has 2 unspecified atom stereocenters. The minimum absolute atomic E-state index is 0.579. The molecule has 156 valence electrons. The summed E-state index contributed by atoms with van der Waals surface area (Å²) < 4.78 is 2.11. The van der Waals surface area contributed by atoms with Gasteiger partial charge in [0.25, 0.3) is 0 Å². The number of nitrogens with two attached hydrogens (primary N) is 1.